The van der Waals surface area contributed by atoms with Gasteiger partial charge < -0.3 is 19.6 Å². The Kier molecular flexibility index (Phi) is 3.55. The first-order valence-corrected chi connectivity index (χ1v) is 5.86. The minimum Gasteiger partial charge on any atom is -0.497 e. The van der Waals surface area contributed by atoms with Gasteiger partial charge in [0.2, 0.25) is 0 Å². The molecule has 1 aliphatic heterocycles. The normalized spacial score (nSPS) is 19.8. The monoisotopic (exact) mass is 251 g/mol. The van der Waals surface area contributed by atoms with Crippen LogP contribution in [0.15, 0.2) is 18.3 Å². The van der Waals surface area contributed by atoms with Crippen LogP contribution in [0.3, 0.4) is 0 Å². The number of piperazine rings is 1. The number of ether oxygens (including phenoxy) is 1. The van der Waals surface area contributed by atoms with Crippen LogP contribution in [0.2, 0.25) is 0 Å². The fraction of sp³-hybridized carbons (Fsp3) is 0.500. The zero-order valence-electron chi connectivity index (χ0n) is 10.5. The Morgan fingerprint density at radius 2 is 2.33 bits per heavy atom. The van der Waals surface area contributed by atoms with E-state index in [4.69, 9.17) is 9.84 Å². The average molecular weight is 251 g/mol. The van der Waals surface area contributed by atoms with Gasteiger partial charge in [-0.2, -0.15) is 0 Å². The van der Waals surface area contributed by atoms with Gasteiger partial charge in [0.1, 0.15) is 11.6 Å². The van der Waals surface area contributed by atoms with Crippen molar-refractivity contribution in [2.75, 3.05) is 31.6 Å². The highest BCUT2D eigenvalue weighted by Gasteiger charge is 2.27. The molecule has 1 aromatic rings. The quantitative estimate of drug-likeness (QED) is 0.857. The van der Waals surface area contributed by atoms with Gasteiger partial charge in [0, 0.05) is 37.9 Å². The minimum atomic E-state index is -0.861. The van der Waals surface area contributed by atoms with Crippen molar-refractivity contribution in [2.24, 2.45) is 0 Å². The van der Waals surface area contributed by atoms with E-state index in [1.54, 1.807) is 19.4 Å². The van der Waals surface area contributed by atoms with E-state index >= 15 is 0 Å². The van der Waals surface area contributed by atoms with Gasteiger partial charge in [0.15, 0.2) is 0 Å². The molecule has 1 N–H and O–H groups in total. The zero-order chi connectivity index (χ0) is 13.1. The summed E-state index contributed by atoms with van der Waals surface area (Å²) in [5.74, 6) is 1.58. The SMILES string of the molecule is COc1ccnc(N2CCN(C(=O)O)CC2C)c1. The van der Waals surface area contributed by atoms with Crippen molar-refractivity contribution in [2.45, 2.75) is 13.0 Å². The van der Waals surface area contributed by atoms with Crippen molar-refractivity contribution >= 4 is 11.9 Å². The third kappa shape index (κ3) is 2.47. The van der Waals surface area contributed by atoms with Crippen molar-refractivity contribution in [3.63, 3.8) is 0 Å². The van der Waals surface area contributed by atoms with E-state index in [1.165, 1.54) is 4.90 Å². The van der Waals surface area contributed by atoms with Crippen LogP contribution in [0, 0.1) is 0 Å². The fourth-order valence-electron chi connectivity index (χ4n) is 2.16. The highest BCUT2D eigenvalue weighted by Crippen LogP contribution is 2.22. The van der Waals surface area contributed by atoms with Crippen LogP contribution < -0.4 is 9.64 Å². The molecule has 0 aromatic carbocycles. The third-order valence-electron chi connectivity index (χ3n) is 3.14. The molecule has 0 bridgehead atoms. The summed E-state index contributed by atoms with van der Waals surface area (Å²) in [6, 6.07) is 3.77. The number of hydrogen-bond donors (Lipinski definition) is 1. The smallest absolute Gasteiger partial charge is 0.407 e. The number of carboxylic acid groups (broad SMARTS) is 1. The Bertz CT molecular complexity index is 438. The summed E-state index contributed by atoms with van der Waals surface area (Å²) < 4.78 is 5.17. The molecule has 6 nitrogen and oxygen atoms in total. The van der Waals surface area contributed by atoms with Gasteiger partial charge in [0.25, 0.3) is 0 Å². The largest absolute Gasteiger partial charge is 0.497 e. The van der Waals surface area contributed by atoms with Crippen LogP contribution in [-0.4, -0.2) is 53.9 Å². The number of amides is 1. The van der Waals surface area contributed by atoms with Gasteiger partial charge in [-0.05, 0) is 13.0 Å². The van der Waals surface area contributed by atoms with Crippen LogP contribution in [-0.2, 0) is 0 Å². The maximum absolute atomic E-state index is 10.9. The molecule has 1 aromatic heterocycles. The van der Waals surface area contributed by atoms with Crippen molar-refractivity contribution in [1.29, 1.82) is 0 Å². The summed E-state index contributed by atoms with van der Waals surface area (Å²) in [6.45, 7) is 3.64. The lowest BCUT2D eigenvalue weighted by atomic mass is 10.2. The Balaban J connectivity index is 2.12. The first-order chi connectivity index (χ1) is 8.61. The molecule has 1 aliphatic rings. The molecule has 2 heterocycles. The molecule has 18 heavy (non-hydrogen) atoms. The van der Waals surface area contributed by atoms with Crippen molar-refractivity contribution in [3.8, 4) is 5.75 Å². The van der Waals surface area contributed by atoms with Crippen molar-refractivity contribution in [3.05, 3.63) is 18.3 Å². The van der Waals surface area contributed by atoms with Crippen LogP contribution in [0.5, 0.6) is 5.75 Å². The Morgan fingerprint density at radius 3 is 2.94 bits per heavy atom. The number of anilines is 1. The predicted molar refractivity (Wildman–Crippen MR) is 67.2 cm³/mol. The highest BCUT2D eigenvalue weighted by molar-refractivity contribution is 5.65. The summed E-state index contributed by atoms with van der Waals surface area (Å²) >= 11 is 0. The Morgan fingerprint density at radius 1 is 1.56 bits per heavy atom. The fourth-order valence-corrected chi connectivity index (χ4v) is 2.16. The van der Waals surface area contributed by atoms with Crippen LogP contribution in [0.25, 0.3) is 0 Å². The second-order valence-electron chi connectivity index (χ2n) is 4.32. The molecular formula is C12H17N3O3. The van der Waals surface area contributed by atoms with Gasteiger partial charge in [0.05, 0.1) is 7.11 Å². The van der Waals surface area contributed by atoms with Gasteiger partial charge in [-0.3, -0.25) is 0 Å². The summed E-state index contributed by atoms with van der Waals surface area (Å²) in [6.07, 6.45) is 0.838. The van der Waals surface area contributed by atoms with Gasteiger partial charge >= 0.3 is 6.09 Å². The lowest BCUT2D eigenvalue weighted by Crippen LogP contribution is -2.53. The first kappa shape index (κ1) is 12.5. The van der Waals surface area contributed by atoms with Crippen molar-refractivity contribution in [1.82, 2.24) is 9.88 Å². The summed E-state index contributed by atoms with van der Waals surface area (Å²) in [5, 5.41) is 8.97. The van der Waals surface area contributed by atoms with Gasteiger partial charge in [-0.15, -0.1) is 0 Å². The summed E-state index contributed by atoms with van der Waals surface area (Å²) in [7, 11) is 1.62. The Labute approximate surface area is 106 Å². The molecule has 98 valence electrons. The van der Waals surface area contributed by atoms with E-state index in [0.717, 1.165) is 11.6 Å². The lowest BCUT2D eigenvalue weighted by Gasteiger charge is -2.39. The highest BCUT2D eigenvalue weighted by atomic mass is 16.5. The number of nitrogens with zero attached hydrogens (tertiary/aromatic N) is 3. The topological polar surface area (TPSA) is 65.9 Å². The van der Waals surface area contributed by atoms with E-state index in [9.17, 15) is 4.79 Å². The Hall–Kier alpha value is -1.98. The molecule has 1 unspecified atom stereocenters. The summed E-state index contributed by atoms with van der Waals surface area (Å²) in [5.41, 5.74) is 0. The van der Waals surface area contributed by atoms with E-state index in [2.05, 4.69) is 9.88 Å². The molecule has 6 heteroatoms. The third-order valence-corrected chi connectivity index (χ3v) is 3.14. The maximum Gasteiger partial charge on any atom is 0.407 e. The molecular weight excluding hydrogens is 234 g/mol. The van der Waals surface area contributed by atoms with Crippen LogP contribution >= 0.6 is 0 Å². The average Bonchev–Trinajstić information content (AvgIpc) is 2.38. The van der Waals surface area contributed by atoms with Gasteiger partial charge in [-0.25, -0.2) is 9.78 Å². The number of carbonyl (C=O) groups is 1. The number of pyridine rings is 1. The van der Waals surface area contributed by atoms with E-state index in [-0.39, 0.29) is 6.04 Å². The zero-order valence-corrected chi connectivity index (χ0v) is 10.5. The number of rotatable bonds is 2. The standard InChI is InChI=1S/C12H17N3O3/c1-9-8-14(12(16)17)5-6-15(9)11-7-10(18-2)3-4-13-11/h3-4,7,9H,5-6,8H2,1-2H3,(H,16,17). The molecule has 1 amide bonds. The maximum atomic E-state index is 10.9. The number of methoxy groups -OCH3 is 1. The molecule has 2 rings (SSSR count). The molecule has 1 saturated heterocycles. The van der Waals surface area contributed by atoms with Crippen molar-refractivity contribution < 1.29 is 14.6 Å². The molecule has 0 spiro atoms. The molecule has 0 aliphatic carbocycles. The van der Waals surface area contributed by atoms with Crippen LogP contribution in [0.1, 0.15) is 6.92 Å². The second-order valence-corrected chi connectivity index (χ2v) is 4.32. The number of hydrogen-bond acceptors (Lipinski definition) is 4. The molecule has 0 radical (unpaired) electrons. The van der Waals surface area contributed by atoms with E-state index in [0.29, 0.717) is 19.6 Å². The molecule has 1 atom stereocenters. The summed E-state index contributed by atoms with van der Waals surface area (Å²) in [4.78, 5) is 18.8. The van der Waals surface area contributed by atoms with E-state index < -0.39 is 6.09 Å². The first-order valence-electron chi connectivity index (χ1n) is 5.86. The molecule has 0 saturated carbocycles. The van der Waals surface area contributed by atoms with Crippen LogP contribution in [0.4, 0.5) is 10.6 Å². The van der Waals surface area contributed by atoms with E-state index in [1.807, 2.05) is 13.0 Å². The van der Waals surface area contributed by atoms with Gasteiger partial charge in [-0.1, -0.05) is 0 Å². The predicted octanol–water partition coefficient (Wildman–Crippen LogP) is 1.28. The second kappa shape index (κ2) is 5.12. The minimum absolute atomic E-state index is 0.106. The number of aromatic nitrogens is 1. The molecule has 1 fully saturated rings. The lowest BCUT2D eigenvalue weighted by molar-refractivity contribution is 0.136.